The fourth-order valence-corrected chi connectivity index (χ4v) is 12.2. The van der Waals surface area contributed by atoms with Crippen molar-refractivity contribution in [2.75, 3.05) is 186 Å². The topological polar surface area (TPSA) is 254 Å². The van der Waals surface area contributed by atoms with E-state index in [9.17, 15) is 24.1 Å². The minimum Gasteiger partial charge on any atom is -0.504 e. The highest BCUT2D eigenvalue weighted by Gasteiger charge is 2.29. The van der Waals surface area contributed by atoms with E-state index in [0.29, 0.717) is 127 Å². The molecular formula is C64H95BN13O12P. The van der Waals surface area contributed by atoms with Gasteiger partial charge in [0.05, 0.1) is 51.2 Å². The minimum atomic E-state index is -3.02. The van der Waals surface area contributed by atoms with E-state index in [2.05, 4.69) is 49.8 Å². The number of benzene rings is 4. The molecular weight excluding hydrogens is 1180 g/mol. The number of hydrogen-bond donors (Lipinski definition) is 3. The number of carbonyl (C=O) groups excluding carboxylic acids is 3. The molecule has 3 N–H and O–H groups in total. The van der Waals surface area contributed by atoms with E-state index >= 15 is 0 Å². The van der Waals surface area contributed by atoms with E-state index < -0.39 is 7.60 Å². The quantitative estimate of drug-likeness (QED) is 0.0481. The van der Waals surface area contributed by atoms with Crippen LogP contribution in [-0.2, 0) is 25.0 Å². The number of anilines is 3. The summed E-state index contributed by atoms with van der Waals surface area (Å²) in [6, 6.07) is 24.5. The van der Waals surface area contributed by atoms with Crippen molar-refractivity contribution in [2.45, 2.75) is 49.7 Å². The normalized spacial score (nSPS) is 15.6. The molecule has 25 nitrogen and oxygen atoms in total. The maximum Gasteiger partial charge on any atom is 0.410 e. The maximum absolute atomic E-state index is 12.8. The lowest BCUT2D eigenvalue weighted by molar-refractivity contribution is 0.0941. The Kier molecular flexibility index (Phi) is 30.2. The number of fused-ring (bicyclic) bond motifs is 2. The molecule has 10 rings (SSSR count). The molecule has 27 heteroatoms. The third kappa shape index (κ3) is 21.2. The maximum atomic E-state index is 12.8. The molecule has 91 heavy (non-hydrogen) atoms. The summed E-state index contributed by atoms with van der Waals surface area (Å²) in [5.74, 6) is 2.90. The number of rotatable bonds is 20. The SMILES string of the molecule is C.C.C.CCOP(=O)(CCN1CCN(CCOc2cc3ncnc(N4CCN(C(=O)Nc5ccc(C)cc5)CC4)c3cc2OC)CC1)OCC.COc1cc2c(N3CCN(C(=O)OCc4ccccc4)CC3)ncnc2cc1O.[B]C(=O)N1CCN(CCO)CC1. The molecule has 0 saturated carbocycles. The Balaban J connectivity index is 0.000000289. The van der Waals surface area contributed by atoms with Crippen molar-refractivity contribution in [1.82, 2.24) is 49.3 Å². The Morgan fingerprint density at radius 1 is 0.604 bits per heavy atom. The predicted octanol–water partition coefficient (Wildman–Crippen LogP) is 8.16. The molecule has 496 valence electrons. The summed E-state index contributed by atoms with van der Waals surface area (Å²) in [5, 5.41) is 23.3. The van der Waals surface area contributed by atoms with Crippen LogP contribution in [0.25, 0.3) is 21.8 Å². The van der Waals surface area contributed by atoms with Gasteiger partial charge in [-0.2, -0.15) is 0 Å². The highest BCUT2D eigenvalue weighted by atomic mass is 31.2. The van der Waals surface area contributed by atoms with Gasteiger partial charge >= 0.3 is 19.7 Å². The van der Waals surface area contributed by atoms with E-state index in [0.717, 1.165) is 90.6 Å². The van der Waals surface area contributed by atoms with Crippen LogP contribution in [0.4, 0.5) is 31.7 Å². The molecule has 2 aromatic heterocycles. The van der Waals surface area contributed by atoms with E-state index in [-0.39, 0.29) is 59.2 Å². The van der Waals surface area contributed by atoms with Crippen molar-refractivity contribution in [3.05, 3.63) is 103 Å². The Labute approximate surface area is 538 Å². The van der Waals surface area contributed by atoms with Crippen LogP contribution in [-0.4, -0.2) is 256 Å². The van der Waals surface area contributed by atoms with Gasteiger partial charge in [0.15, 0.2) is 28.8 Å². The van der Waals surface area contributed by atoms with E-state index in [4.69, 9.17) is 40.9 Å². The van der Waals surface area contributed by atoms with Crippen molar-refractivity contribution in [3.63, 3.8) is 0 Å². The Bertz CT molecular complexity index is 3230. The van der Waals surface area contributed by atoms with Gasteiger partial charge in [-0.15, -0.1) is 0 Å². The summed E-state index contributed by atoms with van der Waals surface area (Å²) < 4.78 is 46.2. The largest absolute Gasteiger partial charge is 0.504 e. The summed E-state index contributed by atoms with van der Waals surface area (Å²) in [6.45, 7) is 20.9. The molecule has 6 heterocycles. The number of carbonyl (C=O) groups is 3. The van der Waals surface area contributed by atoms with Crippen LogP contribution < -0.4 is 29.3 Å². The second kappa shape index (κ2) is 37.1. The van der Waals surface area contributed by atoms with Gasteiger partial charge in [0.25, 0.3) is 0 Å². The zero-order valence-corrected chi connectivity index (χ0v) is 52.1. The molecule has 4 aliphatic rings. The first-order valence-electron chi connectivity index (χ1n) is 30.0. The highest BCUT2D eigenvalue weighted by Crippen LogP contribution is 2.47. The van der Waals surface area contributed by atoms with Gasteiger partial charge in [-0.25, -0.2) is 29.5 Å². The van der Waals surface area contributed by atoms with Crippen LogP contribution >= 0.6 is 7.60 Å². The lowest BCUT2D eigenvalue weighted by Crippen LogP contribution is -2.50. The molecule has 0 unspecified atom stereocenters. The van der Waals surface area contributed by atoms with Gasteiger partial charge in [-0.1, -0.05) is 70.3 Å². The van der Waals surface area contributed by atoms with Crippen molar-refractivity contribution in [1.29, 1.82) is 0 Å². The first kappa shape index (κ1) is 74.2. The van der Waals surface area contributed by atoms with Crippen molar-refractivity contribution >= 4 is 72.5 Å². The smallest absolute Gasteiger partial charge is 0.410 e. The number of β-amino-alcohol motifs (C(OH)–C–C–N with tert-alkyl or cyclic N) is 1. The Morgan fingerprint density at radius 2 is 1.11 bits per heavy atom. The van der Waals surface area contributed by atoms with Crippen LogP contribution in [0, 0.1) is 6.92 Å². The summed E-state index contributed by atoms with van der Waals surface area (Å²) in [4.78, 5) is 69.9. The number of nitrogens with one attached hydrogen (secondary N) is 1. The molecule has 0 atom stereocenters. The number of urea groups is 1. The molecule has 4 aromatic carbocycles. The number of aromatic nitrogens is 4. The number of hydrogen-bond acceptors (Lipinski definition) is 21. The Morgan fingerprint density at radius 3 is 1.65 bits per heavy atom. The number of methoxy groups -OCH3 is 2. The average molecular weight is 1280 g/mol. The van der Waals surface area contributed by atoms with E-state index in [1.807, 2.05) is 92.4 Å². The molecule has 0 spiro atoms. The predicted molar refractivity (Wildman–Crippen MR) is 359 cm³/mol. The molecule has 4 aliphatic heterocycles. The first-order valence-corrected chi connectivity index (χ1v) is 31.7. The van der Waals surface area contributed by atoms with Crippen LogP contribution in [0.2, 0.25) is 0 Å². The molecule has 6 aromatic rings. The number of aromatic hydroxyl groups is 1. The van der Waals surface area contributed by atoms with Gasteiger partial charge in [-0.3, -0.25) is 19.2 Å². The Hall–Kier alpha value is -7.58. The van der Waals surface area contributed by atoms with Crippen molar-refractivity contribution < 1.29 is 57.2 Å². The summed E-state index contributed by atoms with van der Waals surface area (Å²) in [5.41, 5.74) is 4.31. The number of aliphatic hydroxyl groups excluding tert-OH is 1. The monoisotopic (exact) mass is 1280 g/mol. The standard InChI is InChI=1S/C33H48N7O6P.C21H22N4O4.C7H13BN2O2.3CH4/c1-5-45-47(42,46-6-2)22-20-38-13-11-37(12-14-38)19-21-44-31-24-29-28(23-30(31)43-4)32(35-25-34-29)39-15-17-40(18-16-39)33(41)36-27-9-7-26(3)8-10-27;1-28-19-11-16-17(12-18(19)26)22-14-23-20(16)24-7-9-25(10-8-24)21(27)29-13-15-5-3-2-4-6-15;8-7(12)10-3-1-9(2-4-10)5-6-11;;;/h7-10,23-25H,5-6,11-22H2,1-4H3,(H,36,41);2-6,11-12,14,26H,7-10,13H2,1H3;11H,1-6H2;3*1H4. The summed E-state index contributed by atoms with van der Waals surface area (Å²) >= 11 is 0. The van der Waals surface area contributed by atoms with Gasteiger partial charge in [-0.05, 0) is 50.6 Å². The first-order chi connectivity index (χ1) is 42.7. The van der Waals surface area contributed by atoms with Crippen LogP contribution in [0.5, 0.6) is 23.0 Å². The number of phenolic OH excluding ortho intramolecular Hbond substituents is 1. The number of aliphatic hydroxyl groups is 1. The van der Waals surface area contributed by atoms with Crippen molar-refractivity contribution in [3.8, 4) is 23.0 Å². The second-order valence-corrected chi connectivity index (χ2v) is 23.5. The number of piperazine rings is 4. The molecule has 0 bridgehead atoms. The van der Waals surface area contributed by atoms with E-state index in [1.54, 1.807) is 35.4 Å². The number of amides is 4. The van der Waals surface area contributed by atoms with Gasteiger partial charge in [0.2, 0.25) is 7.85 Å². The lowest BCUT2D eigenvalue weighted by atomic mass is 10.1. The molecule has 4 fully saturated rings. The number of ether oxygens (including phenoxy) is 4. The van der Waals surface area contributed by atoms with E-state index in [1.165, 1.54) is 13.4 Å². The fraction of sp³-hybridized carbons (Fsp3) is 0.516. The third-order valence-corrected chi connectivity index (χ3v) is 17.6. The lowest BCUT2D eigenvalue weighted by Gasteiger charge is -2.35. The minimum absolute atomic E-state index is 0. The third-order valence-electron chi connectivity index (χ3n) is 15.6. The number of phenols is 1. The second-order valence-electron chi connectivity index (χ2n) is 21.3. The number of nitrogens with zero attached hydrogens (tertiary/aromatic N) is 12. The average Bonchev–Trinajstić information content (AvgIpc) is 0.863. The van der Waals surface area contributed by atoms with Crippen molar-refractivity contribution in [2.24, 2.45) is 0 Å². The highest BCUT2D eigenvalue weighted by molar-refractivity contribution is 7.53. The molecule has 4 amide bonds. The number of aryl methyl sites for hydroxylation is 1. The molecule has 0 aliphatic carbocycles. The van der Waals surface area contributed by atoms with Gasteiger partial charge in [0, 0.05) is 153 Å². The molecule has 2 radical (unpaired) electrons. The van der Waals surface area contributed by atoms with Crippen LogP contribution in [0.3, 0.4) is 0 Å². The van der Waals surface area contributed by atoms with Crippen LogP contribution in [0.15, 0.2) is 91.5 Å². The zero-order chi connectivity index (χ0) is 62.4. The van der Waals surface area contributed by atoms with Crippen LogP contribution in [0.1, 0.15) is 47.3 Å². The van der Waals surface area contributed by atoms with Gasteiger partial charge in [0.1, 0.15) is 37.5 Å². The fourth-order valence-electron chi connectivity index (χ4n) is 10.6. The summed E-state index contributed by atoms with van der Waals surface area (Å²) in [7, 11) is 5.22. The zero-order valence-electron chi connectivity index (χ0n) is 51.2. The van der Waals surface area contributed by atoms with Gasteiger partial charge < -0.3 is 72.9 Å². The summed E-state index contributed by atoms with van der Waals surface area (Å²) in [6.07, 6.45) is 3.15. The molecule has 4 saturated heterocycles.